The molecule has 0 radical (unpaired) electrons. The van der Waals surface area contributed by atoms with Crippen molar-refractivity contribution >= 4 is 0 Å². The van der Waals surface area contributed by atoms with Crippen LogP contribution in [0.4, 0.5) is 13.2 Å². The summed E-state index contributed by atoms with van der Waals surface area (Å²) in [5, 5.41) is 3.84. The molecule has 0 aromatic carbocycles. The lowest BCUT2D eigenvalue weighted by Gasteiger charge is -2.02. The van der Waals surface area contributed by atoms with Gasteiger partial charge >= 0.3 is 0 Å². The SMILES string of the molecule is Cc1ccn(-c2nc(F)c(F)cc2F)n1. The molecule has 2 aromatic heterocycles. The summed E-state index contributed by atoms with van der Waals surface area (Å²) < 4.78 is 39.6. The number of rotatable bonds is 1. The minimum absolute atomic E-state index is 0.359. The quantitative estimate of drug-likeness (QED) is 0.678. The molecule has 3 nitrogen and oxygen atoms in total. The molecule has 6 heteroatoms. The summed E-state index contributed by atoms with van der Waals surface area (Å²) in [6.45, 7) is 1.69. The van der Waals surface area contributed by atoms with Gasteiger partial charge in [-0.2, -0.15) is 14.5 Å². The van der Waals surface area contributed by atoms with Gasteiger partial charge in [-0.3, -0.25) is 0 Å². The third kappa shape index (κ3) is 1.70. The second-order valence-electron chi connectivity index (χ2n) is 2.97. The molecule has 0 bridgehead atoms. The monoisotopic (exact) mass is 213 g/mol. The Morgan fingerprint density at radius 2 is 1.93 bits per heavy atom. The summed E-state index contributed by atoms with van der Waals surface area (Å²) in [4.78, 5) is 3.14. The van der Waals surface area contributed by atoms with Gasteiger partial charge in [0.15, 0.2) is 17.5 Å². The highest BCUT2D eigenvalue weighted by atomic mass is 19.2. The van der Waals surface area contributed by atoms with Crippen LogP contribution in [-0.2, 0) is 0 Å². The van der Waals surface area contributed by atoms with E-state index in [2.05, 4.69) is 10.1 Å². The van der Waals surface area contributed by atoms with Crippen LogP contribution >= 0.6 is 0 Å². The zero-order valence-corrected chi connectivity index (χ0v) is 7.71. The van der Waals surface area contributed by atoms with E-state index in [9.17, 15) is 13.2 Å². The second kappa shape index (κ2) is 3.38. The Balaban J connectivity index is 2.58. The van der Waals surface area contributed by atoms with E-state index in [-0.39, 0.29) is 5.82 Å². The third-order valence-corrected chi connectivity index (χ3v) is 1.81. The molecule has 0 amide bonds. The van der Waals surface area contributed by atoms with Crippen molar-refractivity contribution in [1.29, 1.82) is 0 Å². The highest BCUT2D eigenvalue weighted by molar-refractivity contribution is 5.24. The largest absolute Gasteiger partial charge is 0.251 e. The fourth-order valence-corrected chi connectivity index (χ4v) is 1.13. The van der Waals surface area contributed by atoms with Gasteiger partial charge in [0.1, 0.15) is 0 Å². The van der Waals surface area contributed by atoms with Crippen molar-refractivity contribution in [3.8, 4) is 5.82 Å². The average molecular weight is 213 g/mol. The normalized spacial score (nSPS) is 10.7. The van der Waals surface area contributed by atoms with Crippen LogP contribution in [0, 0.1) is 24.5 Å². The molecule has 78 valence electrons. The Bertz CT molecular complexity index is 507. The molecule has 0 spiro atoms. The van der Waals surface area contributed by atoms with Gasteiger partial charge in [0.2, 0.25) is 0 Å². The van der Waals surface area contributed by atoms with E-state index in [4.69, 9.17) is 0 Å². The van der Waals surface area contributed by atoms with Gasteiger partial charge in [0.05, 0.1) is 5.69 Å². The molecule has 0 saturated carbocycles. The third-order valence-electron chi connectivity index (χ3n) is 1.81. The first-order chi connectivity index (χ1) is 7.08. The van der Waals surface area contributed by atoms with Gasteiger partial charge in [0.25, 0.3) is 5.95 Å². The lowest BCUT2D eigenvalue weighted by Crippen LogP contribution is -2.05. The van der Waals surface area contributed by atoms with Crippen LogP contribution in [0.15, 0.2) is 18.3 Å². The van der Waals surface area contributed by atoms with Gasteiger partial charge in [-0.25, -0.2) is 13.5 Å². The Labute approximate surface area is 83.2 Å². The van der Waals surface area contributed by atoms with E-state index in [0.29, 0.717) is 11.8 Å². The van der Waals surface area contributed by atoms with E-state index in [1.54, 1.807) is 13.0 Å². The molecule has 0 saturated heterocycles. The second-order valence-corrected chi connectivity index (χ2v) is 2.97. The number of aromatic nitrogens is 3. The summed E-state index contributed by atoms with van der Waals surface area (Å²) in [7, 11) is 0. The van der Waals surface area contributed by atoms with Crippen LogP contribution in [0.2, 0.25) is 0 Å². The molecule has 0 atom stereocenters. The molecule has 0 unspecified atom stereocenters. The Morgan fingerprint density at radius 3 is 2.53 bits per heavy atom. The van der Waals surface area contributed by atoms with Crippen LogP contribution in [0.1, 0.15) is 5.69 Å². The van der Waals surface area contributed by atoms with Crippen LogP contribution in [0.3, 0.4) is 0 Å². The molecular formula is C9H6F3N3. The Kier molecular flexibility index (Phi) is 2.18. The first kappa shape index (κ1) is 9.70. The van der Waals surface area contributed by atoms with Crippen molar-refractivity contribution in [3.05, 3.63) is 41.6 Å². The van der Waals surface area contributed by atoms with Crippen molar-refractivity contribution in [2.24, 2.45) is 0 Å². The Hall–Kier alpha value is -1.85. The number of hydrogen-bond donors (Lipinski definition) is 0. The topological polar surface area (TPSA) is 30.7 Å². The van der Waals surface area contributed by atoms with Gasteiger partial charge in [-0.15, -0.1) is 0 Å². The van der Waals surface area contributed by atoms with Crippen LogP contribution < -0.4 is 0 Å². The maximum atomic E-state index is 13.2. The van der Waals surface area contributed by atoms with Gasteiger partial charge in [-0.1, -0.05) is 0 Å². The summed E-state index contributed by atoms with van der Waals surface area (Å²) in [5.41, 5.74) is 0.626. The molecule has 0 aliphatic carbocycles. The molecule has 0 fully saturated rings. The number of pyridine rings is 1. The predicted molar refractivity (Wildman–Crippen MR) is 46.0 cm³/mol. The summed E-state index contributed by atoms with van der Waals surface area (Å²) in [6.07, 6.45) is 1.41. The lowest BCUT2D eigenvalue weighted by molar-refractivity contribution is 0.458. The smallest absolute Gasteiger partial charge is 0.220 e. The fourth-order valence-electron chi connectivity index (χ4n) is 1.13. The highest BCUT2D eigenvalue weighted by Gasteiger charge is 2.13. The first-order valence-electron chi connectivity index (χ1n) is 4.12. The fraction of sp³-hybridized carbons (Fsp3) is 0.111. The van der Waals surface area contributed by atoms with E-state index in [1.165, 1.54) is 6.20 Å². The van der Waals surface area contributed by atoms with Crippen molar-refractivity contribution in [2.45, 2.75) is 6.92 Å². The van der Waals surface area contributed by atoms with E-state index >= 15 is 0 Å². The molecular weight excluding hydrogens is 207 g/mol. The van der Waals surface area contributed by atoms with E-state index in [0.717, 1.165) is 4.68 Å². The summed E-state index contributed by atoms with van der Waals surface area (Å²) in [5.74, 6) is -3.99. The van der Waals surface area contributed by atoms with Crippen molar-refractivity contribution in [3.63, 3.8) is 0 Å². The van der Waals surface area contributed by atoms with Crippen LogP contribution in [-0.4, -0.2) is 14.8 Å². The number of nitrogens with zero attached hydrogens (tertiary/aromatic N) is 3. The zero-order valence-electron chi connectivity index (χ0n) is 7.71. The molecule has 2 aromatic rings. The highest BCUT2D eigenvalue weighted by Crippen LogP contribution is 2.13. The van der Waals surface area contributed by atoms with Crippen LogP contribution in [0.5, 0.6) is 0 Å². The Morgan fingerprint density at radius 1 is 1.20 bits per heavy atom. The van der Waals surface area contributed by atoms with Crippen LogP contribution in [0.25, 0.3) is 5.82 Å². The minimum atomic E-state index is -1.35. The first-order valence-corrected chi connectivity index (χ1v) is 4.12. The molecule has 15 heavy (non-hydrogen) atoms. The number of halogens is 3. The van der Waals surface area contributed by atoms with E-state index in [1.807, 2.05) is 0 Å². The minimum Gasteiger partial charge on any atom is -0.220 e. The lowest BCUT2D eigenvalue weighted by atomic mass is 10.4. The summed E-state index contributed by atoms with van der Waals surface area (Å²) >= 11 is 0. The molecule has 0 N–H and O–H groups in total. The standard InChI is InChI=1S/C9H6F3N3/c1-5-2-3-15(14-5)9-7(11)4-6(10)8(12)13-9/h2-4H,1H3. The average Bonchev–Trinajstić information content (AvgIpc) is 2.58. The van der Waals surface area contributed by atoms with Gasteiger partial charge in [0, 0.05) is 12.3 Å². The zero-order chi connectivity index (χ0) is 11.0. The maximum Gasteiger partial charge on any atom is 0.251 e. The molecule has 0 aliphatic rings. The number of aryl methyl sites for hydroxylation is 1. The van der Waals surface area contributed by atoms with Crippen molar-refractivity contribution < 1.29 is 13.2 Å². The van der Waals surface area contributed by atoms with Gasteiger partial charge in [-0.05, 0) is 13.0 Å². The van der Waals surface area contributed by atoms with Gasteiger partial charge < -0.3 is 0 Å². The van der Waals surface area contributed by atoms with Crippen molar-refractivity contribution in [2.75, 3.05) is 0 Å². The van der Waals surface area contributed by atoms with Crippen molar-refractivity contribution in [1.82, 2.24) is 14.8 Å². The summed E-state index contributed by atoms with van der Waals surface area (Å²) in [6, 6.07) is 2.04. The molecule has 2 rings (SSSR count). The number of hydrogen-bond acceptors (Lipinski definition) is 2. The van der Waals surface area contributed by atoms with E-state index < -0.39 is 17.6 Å². The molecule has 2 heterocycles. The molecule has 0 aliphatic heterocycles. The maximum absolute atomic E-state index is 13.2. The predicted octanol–water partition coefficient (Wildman–Crippen LogP) is 1.99.